The van der Waals surface area contributed by atoms with Gasteiger partial charge in [0.05, 0.1) is 12.2 Å². The predicted molar refractivity (Wildman–Crippen MR) is 107 cm³/mol. The Bertz CT molecular complexity index is 742. The summed E-state index contributed by atoms with van der Waals surface area (Å²) in [6.45, 7) is 3.87. The molecule has 6 nitrogen and oxygen atoms in total. The van der Waals surface area contributed by atoms with Gasteiger partial charge in [0, 0.05) is 25.4 Å². The topological polar surface area (TPSA) is 69.7 Å². The van der Waals surface area contributed by atoms with E-state index >= 15 is 0 Å². The van der Waals surface area contributed by atoms with E-state index in [1.54, 1.807) is 18.3 Å². The van der Waals surface area contributed by atoms with E-state index in [-0.39, 0.29) is 12.0 Å². The third-order valence-corrected chi connectivity index (χ3v) is 4.66. The number of amides is 1. The minimum atomic E-state index is -0.182. The van der Waals surface area contributed by atoms with Crippen molar-refractivity contribution in [2.24, 2.45) is 0 Å². The van der Waals surface area contributed by atoms with Crippen molar-refractivity contribution >= 4 is 5.91 Å². The predicted octanol–water partition coefficient (Wildman–Crippen LogP) is 3.75. The first-order valence-corrected chi connectivity index (χ1v) is 9.95. The first kappa shape index (κ1) is 20.1. The van der Waals surface area contributed by atoms with Crippen LogP contribution in [0.25, 0.3) is 0 Å². The van der Waals surface area contributed by atoms with Crippen molar-refractivity contribution in [3.8, 4) is 11.6 Å². The van der Waals surface area contributed by atoms with E-state index in [9.17, 15) is 4.79 Å². The third kappa shape index (κ3) is 5.96. The average molecular weight is 384 g/mol. The standard InChI is InChI=1S/C22H28N2O4/c1-2-26-13-14-27-20-10-6-5-9-19(20)22(25)24-16-17-11-12-21(23-15-17)28-18-7-3-4-8-18/h5-6,9-12,15,18H,2-4,7-8,13-14,16H2,1H3,(H,24,25). The van der Waals surface area contributed by atoms with E-state index in [1.165, 1.54) is 12.8 Å². The van der Waals surface area contributed by atoms with E-state index in [2.05, 4.69) is 10.3 Å². The number of pyridine rings is 1. The highest BCUT2D eigenvalue weighted by Gasteiger charge is 2.17. The maximum absolute atomic E-state index is 12.6. The van der Waals surface area contributed by atoms with Crippen LogP contribution in [0.3, 0.4) is 0 Å². The summed E-state index contributed by atoms with van der Waals surface area (Å²) in [5, 5.41) is 2.92. The fraction of sp³-hybridized carbons (Fsp3) is 0.455. The van der Waals surface area contributed by atoms with E-state index < -0.39 is 0 Å². The van der Waals surface area contributed by atoms with E-state index in [0.717, 1.165) is 18.4 Å². The van der Waals surface area contributed by atoms with Gasteiger partial charge in [0.2, 0.25) is 5.88 Å². The van der Waals surface area contributed by atoms with Crippen molar-refractivity contribution in [2.45, 2.75) is 45.3 Å². The average Bonchev–Trinajstić information content (AvgIpc) is 3.24. The summed E-state index contributed by atoms with van der Waals surface area (Å²) in [7, 11) is 0. The quantitative estimate of drug-likeness (QED) is 0.632. The molecule has 1 heterocycles. The maximum Gasteiger partial charge on any atom is 0.255 e. The molecule has 1 aromatic heterocycles. The minimum Gasteiger partial charge on any atom is -0.490 e. The van der Waals surface area contributed by atoms with Crippen LogP contribution in [0, 0.1) is 0 Å². The number of carbonyl (C=O) groups is 1. The number of carbonyl (C=O) groups excluding carboxylic acids is 1. The molecule has 150 valence electrons. The molecule has 28 heavy (non-hydrogen) atoms. The number of rotatable bonds is 10. The van der Waals surface area contributed by atoms with E-state index in [1.807, 2.05) is 31.2 Å². The Kier molecular flexibility index (Phi) is 7.67. The summed E-state index contributed by atoms with van der Waals surface area (Å²) in [5.41, 5.74) is 1.43. The summed E-state index contributed by atoms with van der Waals surface area (Å²) >= 11 is 0. The molecule has 1 amide bonds. The van der Waals surface area contributed by atoms with Crippen LogP contribution < -0.4 is 14.8 Å². The van der Waals surface area contributed by atoms with Gasteiger partial charge in [-0.25, -0.2) is 4.98 Å². The minimum absolute atomic E-state index is 0.182. The van der Waals surface area contributed by atoms with Crippen molar-refractivity contribution in [1.82, 2.24) is 10.3 Å². The number of hydrogen-bond donors (Lipinski definition) is 1. The molecule has 1 saturated carbocycles. The van der Waals surface area contributed by atoms with E-state index in [4.69, 9.17) is 14.2 Å². The highest BCUT2D eigenvalue weighted by molar-refractivity contribution is 5.96. The molecule has 1 aromatic carbocycles. The van der Waals surface area contributed by atoms with Gasteiger partial charge in [-0.15, -0.1) is 0 Å². The lowest BCUT2D eigenvalue weighted by Crippen LogP contribution is -2.24. The molecule has 2 aromatic rings. The first-order chi connectivity index (χ1) is 13.8. The Hall–Kier alpha value is -2.60. The summed E-state index contributed by atoms with van der Waals surface area (Å²) < 4.78 is 16.8. The van der Waals surface area contributed by atoms with Crippen LogP contribution in [-0.2, 0) is 11.3 Å². The van der Waals surface area contributed by atoms with Crippen molar-refractivity contribution in [3.63, 3.8) is 0 Å². The molecular weight excluding hydrogens is 356 g/mol. The Morgan fingerprint density at radius 1 is 1.14 bits per heavy atom. The summed E-state index contributed by atoms with van der Waals surface area (Å²) in [6, 6.07) is 11.0. The third-order valence-electron chi connectivity index (χ3n) is 4.66. The van der Waals surface area contributed by atoms with Gasteiger partial charge in [-0.05, 0) is 50.3 Å². The van der Waals surface area contributed by atoms with Gasteiger partial charge >= 0.3 is 0 Å². The van der Waals surface area contributed by atoms with Crippen molar-refractivity contribution in [3.05, 3.63) is 53.7 Å². The monoisotopic (exact) mass is 384 g/mol. The van der Waals surface area contributed by atoms with Crippen LogP contribution in [0.4, 0.5) is 0 Å². The molecule has 0 spiro atoms. The van der Waals surface area contributed by atoms with Crippen LogP contribution in [0.15, 0.2) is 42.6 Å². The zero-order valence-electron chi connectivity index (χ0n) is 16.4. The molecule has 1 N–H and O–H groups in total. The summed E-state index contributed by atoms with van der Waals surface area (Å²) in [4.78, 5) is 16.9. The number of para-hydroxylation sites is 1. The molecule has 1 fully saturated rings. The second-order valence-electron chi connectivity index (χ2n) is 6.75. The normalized spacial score (nSPS) is 14.0. The largest absolute Gasteiger partial charge is 0.490 e. The molecular formula is C22H28N2O4. The van der Waals surface area contributed by atoms with Crippen LogP contribution >= 0.6 is 0 Å². The molecule has 6 heteroatoms. The zero-order chi connectivity index (χ0) is 19.6. The lowest BCUT2D eigenvalue weighted by molar-refractivity contribution is 0.0934. The van der Waals surface area contributed by atoms with Gasteiger partial charge in [0.25, 0.3) is 5.91 Å². The number of aromatic nitrogens is 1. The zero-order valence-corrected chi connectivity index (χ0v) is 16.4. The highest BCUT2D eigenvalue weighted by atomic mass is 16.5. The van der Waals surface area contributed by atoms with Crippen LogP contribution in [0.1, 0.15) is 48.5 Å². The molecule has 1 aliphatic rings. The van der Waals surface area contributed by atoms with E-state index in [0.29, 0.717) is 43.6 Å². The van der Waals surface area contributed by atoms with Gasteiger partial charge in [-0.3, -0.25) is 4.79 Å². The van der Waals surface area contributed by atoms with Crippen molar-refractivity contribution < 1.29 is 19.0 Å². The smallest absolute Gasteiger partial charge is 0.255 e. The number of benzene rings is 1. The number of nitrogens with one attached hydrogen (secondary N) is 1. The van der Waals surface area contributed by atoms with Crippen LogP contribution in [-0.4, -0.2) is 36.8 Å². The number of nitrogens with zero attached hydrogens (tertiary/aromatic N) is 1. The SMILES string of the molecule is CCOCCOc1ccccc1C(=O)NCc1ccc(OC2CCCC2)nc1. The molecule has 0 bridgehead atoms. The number of ether oxygens (including phenoxy) is 3. The van der Waals surface area contributed by atoms with Gasteiger partial charge in [-0.2, -0.15) is 0 Å². The highest BCUT2D eigenvalue weighted by Crippen LogP contribution is 2.23. The van der Waals surface area contributed by atoms with Gasteiger partial charge < -0.3 is 19.5 Å². The Morgan fingerprint density at radius 3 is 2.71 bits per heavy atom. The van der Waals surface area contributed by atoms with Gasteiger partial charge in [0.1, 0.15) is 18.5 Å². The lowest BCUT2D eigenvalue weighted by Gasteiger charge is -2.13. The molecule has 0 saturated heterocycles. The van der Waals surface area contributed by atoms with Crippen molar-refractivity contribution in [1.29, 1.82) is 0 Å². The Labute approximate surface area is 166 Å². The molecule has 0 aliphatic heterocycles. The maximum atomic E-state index is 12.6. The second kappa shape index (κ2) is 10.7. The summed E-state index contributed by atoms with van der Waals surface area (Å²) in [6.07, 6.45) is 6.70. The number of hydrogen-bond acceptors (Lipinski definition) is 5. The van der Waals surface area contributed by atoms with Gasteiger partial charge in [0.15, 0.2) is 0 Å². The van der Waals surface area contributed by atoms with Gasteiger partial charge in [-0.1, -0.05) is 18.2 Å². The molecule has 0 radical (unpaired) electrons. The lowest BCUT2D eigenvalue weighted by atomic mass is 10.2. The van der Waals surface area contributed by atoms with Crippen LogP contribution in [0.5, 0.6) is 11.6 Å². The molecule has 1 aliphatic carbocycles. The van der Waals surface area contributed by atoms with Crippen LogP contribution in [0.2, 0.25) is 0 Å². The Balaban J connectivity index is 1.51. The second-order valence-corrected chi connectivity index (χ2v) is 6.75. The fourth-order valence-corrected chi connectivity index (χ4v) is 3.17. The van der Waals surface area contributed by atoms with Crippen molar-refractivity contribution in [2.75, 3.05) is 19.8 Å². The molecule has 0 atom stereocenters. The molecule has 0 unspecified atom stereocenters. The Morgan fingerprint density at radius 2 is 1.96 bits per heavy atom. The summed E-state index contributed by atoms with van der Waals surface area (Å²) in [5.74, 6) is 1.02. The molecule has 3 rings (SSSR count). The fourth-order valence-electron chi connectivity index (χ4n) is 3.17. The first-order valence-electron chi connectivity index (χ1n) is 9.95.